The molecule has 182 valence electrons. The number of nitrogens with one attached hydrogen (secondary N) is 1. The molecule has 0 spiro atoms. The Bertz CT molecular complexity index is 895. The summed E-state index contributed by atoms with van der Waals surface area (Å²) in [5.74, 6) is 1.18. The van der Waals surface area contributed by atoms with Gasteiger partial charge in [0.1, 0.15) is 5.78 Å². The van der Waals surface area contributed by atoms with E-state index in [1.165, 1.54) is 5.57 Å². The second-order valence-corrected chi connectivity index (χ2v) is 11.1. The average Bonchev–Trinajstić information content (AvgIpc) is 3.11. The zero-order chi connectivity index (χ0) is 24.0. The molecule has 0 aliphatic heterocycles. The highest BCUT2D eigenvalue weighted by atomic mass is 16.5. The number of ether oxygens (including phenoxy) is 1. The Hall–Kier alpha value is -2.02. The van der Waals surface area contributed by atoms with Gasteiger partial charge in [0.2, 0.25) is 0 Å². The molecule has 3 saturated carbocycles. The normalized spacial score (nSPS) is 40.4. The highest BCUT2D eigenvalue weighted by Gasteiger charge is 2.62. The van der Waals surface area contributed by atoms with Crippen LogP contribution in [-0.4, -0.2) is 47.6 Å². The molecule has 4 rings (SSSR count). The molecule has 2 N–H and O–H groups in total. The number of nitrogens with zero attached hydrogens (tertiary/aromatic N) is 1. The predicted molar refractivity (Wildman–Crippen MR) is 124 cm³/mol. The van der Waals surface area contributed by atoms with Gasteiger partial charge in [-0.3, -0.25) is 9.59 Å². The topological polar surface area (TPSA) is 105 Å². The maximum atomic E-state index is 12.6. The SMILES string of the molecule is CCOC(=O)/C(CN[C@H]1C[C@]2(C)[C@@H](C(C)=O)CC[C@H]2[C@@H]2CCC3=CC(=O)CC[C@]3(C)[C@H]21)=N\O. The number of fused-ring (bicyclic) bond motifs is 5. The van der Waals surface area contributed by atoms with Crippen LogP contribution in [-0.2, 0) is 19.1 Å². The minimum atomic E-state index is -0.620. The molecular weight excluding hydrogens is 420 g/mol. The molecule has 0 aromatic heterocycles. The highest BCUT2D eigenvalue weighted by molar-refractivity contribution is 6.37. The van der Waals surface area contributed by atoms with E-state index < -0.39 is 5.97 Å². The maximum Gasteiger partial charge on any atom is 0.357 e. The fourth-order valence-electron chi connectivity index (χ4n) is 8.20. The van der Waals surface area contributed by atoms with Gasteiger partial charge in [-0.15, -0.1) is 0 Å². The Morgan fingerprint density at radius 1 is 1.24 bits per heavy atom. The first-order valence-electron chi connectivity index (χ1n) is 12.5. The molecule has 0 aromatic rings. The lowest BCUT2D eigenvalue weighted by molar-refractivity contribution is -0.135. The zero-order valence-electron chi connectivity index (χ0n) is 20.4. The number of rotatable bonds is 6. The number of esters is 1. The molecule has 0 bridgehead atoms. The summed E-state index contributed by atoms with van der Waals surface area (Å²) in [4.78, 5) is 37.0. The molecule has 0 saturated heterocycles. The Labute approximate surface area is 196 Å². The van der Waals surface area contributed by atoms with Crippen molar-refractivity contribution in [2.75, 3.05) is 13.2 Å². The van der Waals surface area contributed by atoms with Crippen molar-refractivity contribution >= 4 is 23.2 Å². The van der Waals surface area contributed by atoms with Crippen LogP contribution in [0, 0.1) is 34.5 Å². The van der Waals surface area contributed by atoms with Crippen molar-refractivity contribution in [1.82, 2.24) is 5.32 Å². The van der Waals surface area contributed by atoms with Gasteiger partial charge >= 0.3 is 5.97 Å². The predicted octanol–water partition coefficient (Wildman–Crippen LogP) is 3.68. The van der Waals surface area contributed by atoms with Crippen LogP contribution in [0.2, 0.25) is 0 Å². The first kappa shape index (κ1) is 24.1. The van der Waals surface area contributed by atoms with E-state index in [1.807, 2.05) is 6.08 Å². The highest BCUT2D eigenvalue weighted by Crippen LogP contribution is 2.66. The lowest BCUT2D eigenvalue weighted by Crippen LogP contribution is -2.61. The second-order valence-electron chi connectivity index (χ2n) is 11.1. The molecule has 33 heavy (non-hydrogen) atoms. The van der Waals surface area contributed by atoms with Gasteiger partial charge in [-0.05, 0) is 87.0 Å². The monoisotopic (exact) mass is 458 g/mol. The number of hydrogen-bond acceptors (Lipinski definition) is 7. The van der Waals surface area contributed by atoms with Crippen molar-refractivity contribution in [3.05, 3.63) is 11.6 Å². The standard InChI is InChI=1S/C26H38N2O5/c1-5-33-24(31)22(28-32)14-27-21-13-26(4)19(15(2)29)8-9-20(26)18-7-6-16-12-17(30)10-11-25(16,3)23(18)21/h12,18-21,23,27,32H,5-11,13-14H2,1-4H3/b28-22-/t18-,19+,20-,21-,23+,25-,26+/m0/s1. The third-order valence-corrected chi connectivity index (χ3v) is 9.58. The van der Waals surface area contributed by atoms with E-state index in [-0.39, 0.29) is 53.2 Å². The summed E-state index contributed by atoms with van der Waals surface area (Å²) in [6.45, 7) is 8.36. The van der Waals surface area contributed by atoms with E-state index in [9.17, 15) is 19.6 Å². The van der Waals surface area contributed by atoms with Gasteiger partial charge < -0.3 is 15.3 Å². The van der Waals surface area contributed by atoms with Gasteiger partial charge in [0, 0.05) is 24.9 Å². The number of Topliss-reactive ketones (excluding diaryl/α,β-unsaturated/α-hetero) is 1. The number of hydrogen-bond donors (Lipinski definition) is 2. The molecule has 0 aromatic carbocycles. The molecule has 0 radical (unpaired) electrons. The van der Waals surface area contributed by atoms with E-state index in [2.05, 4.69) is 24.3 Å². The summed E-state index contributed by atoms with van der Waals surface area (Å²) in [5.41, 5.74) is 1.06. The van der Waals surface area contributed by atoms with Gasteiger partial charge in [0.15, 0.2) is 11.5 Å². The van der Waals surface area contributed by atoms with Crippen molar-refractivity contribution in [2.45, 2.75) is 78.7 Å². The van der Waals surface area contributed by atoms with Crippen molar-refractivity contribution in [3.8, 4) is 0 Å². The summed E-state index contributed by atoms with van der Waals surface area (Å²) in [5, 5.41) is 16.2. The van der Waals surface area contributed by atoms with E-state index in [0.717, 1.165) is 38.5 Å². The third kappa shape index (κ3) is 3.96. The largest absolute Gasteiger partial charge is 0.461 e. The van der Waals surface area contributed by atoms with Crippen LogP contribution < -0.4 is 5.32 Å². The van der Waals surface area contributed by atoms with Gasteiger partial charge in [0.05, 0.1) is 6.61 Å². The average molecular weight is 459 g/mol. The van der Waals surface area contributed by atoms with Gasteiger partial charge in [-0.1, -0.05) is 24.6 Å². The molecule has 0 heterocycles. The zero-order valence-corrected chi connectivity index (χ0v) is 20.4. The summed E-state index contributed by atoms with van der Waals surface area (Å²) in [6, 6.07) is 0.0456. The maximum absolute atomic E-state index is 12.6. The fraction of sp³-hybridized carbons (Fsp3) is 0.769. The lowest BCUT2D eigenvalue weighted by atomic mass is 9.45. The van der Waals surface area contributed by atoms with Crippen LogP contribution >= 0.6 is 0 Å². The van der Waals surface area contributed by atoms with Gasteiger partial charge in [-0.25, -0.2) is 4.79 Å². The minimum absolute atomic E-state index is 0.0363. The van der Waals surface area contributed by atoms with Crippen molar-refractivity contribution in [1.29, 1.82) is 0 Å². The molecule has 7 heteroatoms. The van der Waals surface area contributed by atoms with Crippen LogP contribution in [0.1, 0.15) is 72.6 Å². The van der Waals surface area contributed by atoms with E-state index in [0.29, 0.717) is 24.2 Å². The number of allylic oxidation sites excluding steroid dienone is 1. The lowest BCUT2D eigenvalue weighted by Gasteiger charge is -2.61. The van der Waals surface area contributed by atoms with E-state index >= 15 is 0 Å². The summed E-state index contributed by atoms with van der Waals surface area (Å²) >= 11 is 0. The summed E-state index contributed by atoms with van der Waals surface area (Å²) < 4.78 is 5.04. The van der Waals surface area contributed by atoms with Crippen molar-refractivity contribution in [3.63, 3.8) is 0 Å². The molecule has 7 nitrogen and oxygen atoms in total. The molecule has 3 fully saturated rings. The number of carbonyl (C=O) groups is 3. The molecule has 4 aliphatic carbocycles. The number of oxime groups is 1. The molecular formula is C26H38N2O5. The van der Waals surface area contributed by atoms with Crippen LogP contribution in [0.15, 0.2) is 16.8 Å². The van der Waals surface area contributed by atoms with Crippen molar-refractivity contribution in [2.24, 2.45) is 39.7 Å². The Balaban J connectivity index is 1.68. The molecule has 0 amide bonds. The Morgan fingerprint density at radius 3 is 2.67 bits per heavy atom. The second kappa shape index (κ2) is 8.97. The van der Waals surface area contributed by atoms with Crippen LogP contribution in [0.4, 0.5) is 0 Å². The quantitative estimate of drug-likeness (QED) is 0.272. The van der Waals surface area contributed by atoms with Crippen LogP contribution in [0.5, 0.6) is 0 Å². The molecule has 0 unspecified atom stereocenters. The molecule has 4 aliphatic rings. The van der Waals surface area contributed by atoms with Crippen molar-refractivity contribution < 1.29 is 24.3 Å². The Morgan fingerprint density at radius 2 is 2.00 bits per heavy atom. The first-order chi connectivity index (χ1) is 15.7. The van der Waals surface area contributed by atoms with E-state index in [1.54, 1.807) is 13.8 Å². The van der Waals surface area contributed by atoms with Gasteiger partial charge in [0.25, 0.3) is 0 Å². The smallest absolute Gasteiger partial charge is 0.357 e. The Kier molecular flexibility index (Phi) is 6.56. The number of carbonyl (C=O) groups excluding carboxylic acids is 3. The molecule has 7 atom stereocenters. The first-order valence-corrected chi connectivity index (χ1v) is 12.5. The third-order valence-electron chi connectivity index (χ3n) is 9.58. The van der Waals surface area contributed by atoms with Crippen LogP contribution in [0.25, 0.3) is 0 Å². The number of ketones is 2. The van der Waals surface area contributed by atoms with Gasteiger partial charge in [-0.2, -0.15) is 0 Å². The fourth-order valence-corrected chi connectivity index (χ4v) is 8.20. The summed E-state index contributed by atoms with van der Waals surface area (Å²) in [7, 11) is 0. The van der Waals surface area contributed by atoms with E-state index in [4.69, 9.17) is 4.74 Å². The van der Waals surface area contributed by atoms with Crippen LogP contribution in [0.3, 0.4) is 0 Å². The summed E-state index contributed by atoms with van der Waals surface area (Å²) in [6.07, 6.45) is 8.13. The minimum Gasteiger partial charge on any atom is -0.461 e.